The summed E-state index contributed by atoms with van der Waals surface area (Å²) in [5.74, 6) is 0.00977. The quantitative estimate of drug-likeness (QED) is 0.730. The predicted molar refractivity (Wildman–Crippen MR) is 84.6 cm³/mol. The van der Waals surface area contributed by atoms with E-state index < -0.39 is 0 Å². The highest BCUT2D eigenvalue weighted by atomic mass is 32.1. The van der Waals surface area contributed by atoms with Gasteiger partial charge in [-0.05, 0) is 30.0 Å². The van der Waals surface area contributed by atoms with Gasteiger partial charge in [-0.3, -0.25) is 4.79 Å². The normalized spacial score (nSPS) is 10.8. The van der Waals surface area contributed by atoms with Gasteiger partial charge in [0.15, 0.2) is 0 Å². The highest BCUT2D eigenvalue weighted by Gasteiger charge is 2.06. The molecule has 20 heavy (non-hydrogen) atoms. The molecule has 1 amide bonds. The van der Waals surface area contributed by atoms with Gasteiger partial charge in [0.2, 0.25) is 0 Å². The molecular formula is C15H14N2OS2. The lowest BCUT2D eigenvalue weighted by molar-refractivity contribution is 0.0953. The van der Waals surface area contributed by atoms with Crippen LogP contribution in [0.15, 0.2) is 41.1 Å². The minimum absolute atomic E-state index is 0.00977. The van der Waals surface area contributed by atoms with Crippen molar-refractivity contribution in [3.8, 4) is 0 Å². The molecule has 0 spiro atoms. The molecule has 0 saturated carbocycles. The first-order chi connectivity index (χ1) is 9.83. The molecule has 0 aliphatic carbocycles. The van der Waals surface area contributed by atoms with E-state index in [1.54, 1.807) is 11.3 Å². The van der Waals surface area contributed by atoms with Crippen LogP contribution >= 0.6 is 22.7 Å². The Morgan fingerprint density at radius 1 is 1.25 bits per heavy atom. The van der Waals surface area contributed by atoms with Gasteiger partial charge in [0, 0.05) is 23.9 Å². The largest absolute Gasteiger partial charge is 0.352 e. The number of nitrogens with one attached hydrogen (secondary N) is 1. The number of aryl methyl sites for hydroxylation is 1. The Kier molecular flexibility index (Phi) is 4.08. The number of aromatic nitrogens is 1. The molecule has 2 heterocycles. The molecule has 3 aromatic rings. The lowest BCUT2D eigenvalue weighted by Gasteiger charge is -2.02. The van der Waals surface area contributed by atoms with Gasteiger partial charge >= 0.3 is 0 Å². The third-order valence-electron chi connectivity index (χ3n) is 2.97. The Labute approximate surface area is 125 Å². The van der Waals surface area contributed by atoms with Crippen molar-refractivity contribution in [3.63, 3.8) is 0 Å². The second-order valence-corrected chi connectivity index (χ2v) is 6.34. The number of rotatable bonds is 5. The van der Waals surface area contributed by atoms with E-state index in [1.165, 1.54) is 16.0 Å². The summed E-state index contributed by atoms with van der Waals surface area (Å²) in [5, 5.41) is 7.85. The number of carbonyl (C=O) groups excluding carboxylic acids is 1. The molecular weight excluding hydrogens is 288 g/mol. The number of amides is 1. The lowest BCUT2D eigenvalue weighted by Crippen LogP contribution is -2.24. The average Bonchev–Trinajstić information content (AvgIpc) is 3.11. The minimum Gasteiger partial charge on any atom is -0.352 e. The summed E-state index contributed by atoms with van der Waals surface area (Å²) >= 11 is 3.27. The molecule has 3 rings (SSSR count). The Balaban J connectivity index is 1.49. The Morgan fingerprint density at radius 3 is 2.95 bits per heavy atom. The summed E-state index contributed by atoms with van der Waals surface area (Å²) in [4.78, 5) is 16.3. The van der Waals surface area contributed by atoms with Crippen LogP contribution in [-0.2, 0) is 6.42 Å². The molecule has 0 atom stereocenters. The van der Waals surface area contributed by atoms with Crippen LogP contribution in [0.1, 0.15) is 21.8 Å². The standard InChI is InChI=1S/C15H14N2OS2/c18-15(11-7-9-19-10-11)16-8-3-6-14-17-12-4-1-2-5-13(12)20-14/h1-2,4-5,7,9-10H,3,6,8H2,(H,16,18). The van der Waals surface area contributed by atoms with Crippen LogP contribution in [-0.4, -0.2) is 17.4 Å². The van der Waals surface area contributed by atoms with Gasteiger partial charge in [0.1, 0.15) is 0 Å². The van der Waals surface area contributed by atoms with Gasteiger partial charge in [0.05, 0.1) is 15.2 Å². The number of thiophene rings is 1. The van der Waals surface area contributed by atoms with Crippen LogP contribution in [0.3, 0.4) is 0 Å². The van der Waals surface area contributed by atoms with Crippen LogP contribution in [0, 0.1) is 0 Å². The van der Waals surface area contributed by atoms with Crippen molar-refractivity contribution in [2.75, 3.05) is 6.54 Å². The fourth-order valence-corrected chi connectivity index (χ4v) is 3.61. The van der Waals surface area contributed by atoms with E-state index in [4.69, 9.17) is 0 Å². The van der Waals surface area contributed by atoms with Gasteiger partial charge in [-0.25, -0.2) is 4.98 Å². The number of thiazole rings is 1. The van der Waals surface area contributed by atoms with Gasteiger partial charge in [0.25, 0.3) is 5.91 Å². The SMILES string of the molecule is O=C(NCCCc1nc2ccccc2s1)c1ccsc1. The van der Waals surface area contributed by atoms with Crippen molar-refractivity contribution in [3.05, 3.63) is 51.7 Å². The molecule has 102 valence electrons. The zero-order valence-corrected chi connectivity index (χ0v) is 12.5. The maximum absolute atomic E-state index is 11.7. The average molecular weight is 302 g/mol. The lowest BCUT2D eigenvalue weighted by atomic mass is 10.3. The fourth-order valence-electron chi connectivity index (χ4n) is 1.96. The summed E-state index contributed by atoms with van der Waals surface area (Å²) in [7, 11) is 0. The molecule has 1 N–H and O–H groups in total. The number of benzene rings is 1. The molecule has 0 aliphatic rings. The van der Waals surface area contributed by atoms with Crippen molar-refractivity contribution in [1.29, 1.82) is 0 Å². The van der Waals surface area contributed by atoms with Gasteiger partial charge in [-0.2, -0.15) is 11.3 Å². The zero-order chi connectivity index (χ0) is 13.8. The van der Waals surface area contributed by atoms with Gasteiger partial charge < -0.3 is 5.32 Å². The highest BCUT2D eigenvalue weighted by Crippen LogP contribution is 2.22. The second-order valence-electron chi connectivity index (χ2n) is 4.45. The van der Waals surface area contributed by atoms with Crippen molar-refractivity contribution in [2.45, 2.75) is 12.8 Å². The summed E-state index contributed by atoms with van der Waals surface area (Å²) < 4.78 is 1.23. The number of nitrogens with zero attached hydrogens (tertiary/aromatic N) is 1. The van der Waals surface area contributed by atoms with Crippen molar-refractivity contribution in [1.82, 2.24) is 10.3 Å². The number of hydrogen-bond donors (Lipinski definition) is 1. The van der Waals surface area contributed by atoms with Crippen molar-refractivity contribution >= 4 is 38.8 Å². The number of carbonyl (C=O) groups is 1. The third-order valence-corrected chi connectivity index (χ3v) is 4.75. The Bertz CT molecular complexity index is 671. The molecule has 3 nitrogen and oxygen atoms in total. The molecule has 0 unspecified atom stereocenters. The molecule has 0 fully saturated rings. The molecule has 0 aliphatic heterocycles. The van der Waals surface area contributed by atoms with E-state index in [9.17, 15) is 4.79 Å². The molecule has 0 saturated heterocycles. The number of fused-ring (bicyclic) bond motifs is 1. The minimum atomic E-state index is 0.00977. The monoisotopic (exact) mass is 302 g/mol. The molecule has 0 bridgehead atoms. The molecule has 0 radical (unpaired) electrons. The zero-order valence-electron chi connectivity index (χ0n) is 10.8. The topological polar surface area (TPSA) is 42.0 Å². The van der Waals surface area contributed by atoms with Gasteiger partial charge in [-0.15, -0.1) is 11.3 Å². The molecule has 1 aromatic carbocycles. The first-order valence-electron chi connectivity index (χ1n) is 6.48. The summed E-state index contributed by atoms with van der Waals surface area (Å²) in [6.07, 6.45) is 1.82. The highest BCUT2D eigenvalue weighted by molar-refractivity contribution is 7.18. The van der Waals surface area contributed by atoms with E-state index in [-0.39, 0.29) is 5.91 Å². The maximum Gasteiger partial charge on any atom is 0.252 e. The molecule has 5 heteroatoms. The Morgan fingerprint density at radius 2 is 2.15 bits per heavy atom. The summed E-state index contributed by atoms with van der Waals surface area (Å²) in [6.45, 7) is 0.685. The van der Waals surface area contributed by atoms with Crippen LogP contribution in [0.2, 0.25) is 0 Å². The second kappa shape index (κ2) is 6.15. The van der Waals surface area contributed by atoms with Crippen molar-refractivity contribution in [2.24, 2.45) is 0 Å². The van der Waals surface area contributed by atoms with E-state index in [1.807, 2.05) is 35.0 Å². The Hall–Kier alpha value is -1.72. The van der Waals surface area contributed by atoms with E-state index in [0.29, 0.717) is 6.54 Å². The predicted octanol–water partition coefficient (Wildman–Crippen LogP) is 3.72. The van der Waals surface area contributed by atoms with E-state index in [0.717, 1.165) is 28.9 Å². The molecule has 2 aromatic heterocycles. The van der Waals surface area contributed by atoms with Crippen LogP contribution < -0.4 is 5.32 Å². The first-order valence-corrected chi connectivity index (χ1v) is 8.24. The fraction of sp³-hybridized carbons (Fsp3) is 0.200. The smallest absolute Gasteiger partial charge is 0.252 e. The number of para-hydroxylation sites is 1. The third kappa shape index (κ3) is 3.05. The van der Waals surface area contributed by atoms with Crippen LogP contribution in [0.4, 0.5) is 0 Å². The van der Waals surface area contributed by atoms with Gasteiger partial charge in [-0.1, -0.05) is 12.1 Å². The summed E-state index contributed by atoms with van der Waals surface area (Å²) in [6, 6.07) is 10.0. The number of hydrogen-bond acceptors (Lipinski definition) is 4. The van der Waals surface area contributed by atoms with Crippen LogP contribution in [0.25, 0.3) is 10.2 Å². The van der Waals surface area contributed by atoms with E-state index in [2.05, 4.69) is 16.4 Å². The van der Waals surface area contributed by atoms with Crippen LogP contribution in [0.5, 0.6) is 0 Å². The summed E-state index contributed by atoms with van der Waals surface area (Å²) in [5.41, 5.74) is 1.81. The maximum atomic E-state index is 11.7. The van der Waals surface area contributed by atoms with E-state index >= 15 is 0 Å². The van der Waals surface area contributed by atoms with Crippen molar-refractivity contribution < 1.29 is 4.79 Å². The first kappa shape index (κ1) is 13.3.